The quantitative estimate of drug-likeness (QED) is 0.143. The Morgan fingerprint density at radius 3 is 0.977 bits per heavy atom. The summed E-state index contributed by atoms with van der Waals surface area (Å²) in [6, 6.07) is 5.79. The van der Waals surface area contributed by atoms with Crippen LogP contribution in [0.3, 0.4) is 0 Å². The monoisotopic (exact) mass is 790 g/mol. The van der Waals surface area contributed by atoms with Crippen LogP contribution < -0.4 is 5.19 Å². The minimum Gasteiger partial charge on any atom is -0.403 e. The van der Waals surface area contributed by atoms with Crippen LogP contribution in [0.15, 0.2) is 12.1 Å². The summed E-state index contributed by atoms with van der Waals surface area (Å²) in [6.45, 7) is 61.0. The standard InChI is InChI=1S/C33H75BrOSi8/c1-26(2)35-36(34)30-28(31(37(3,4)5)38(6,7)8)24-27(25-29(30)32(39(9,10)11)40(12,13)14)33(41(15,16)17,42(18,19)20)43(21,22)23/h24-26,31-32,36H,1-23H3. The van der Waals surface area contributed by atoms with Crippen molar-refractivity contribution < 1.29 is 4.43 Å². The first-order valence-electron chi connectivity index (χ1n) is 17.0. The lowest BCUT2D eigenvalue weighted by Gasteiger charge is -2.60. The number of hydrogen-bond acceptors (Lipinski definition) is 1. The summed E-state index contributed by atoms with van der Waals surface area (Å²) in [6.07, 6.45) is 0.232. The van der Waals surface area contributed by atoms with Crippen LogP contribution >= 0.6 is 15.3 Å². The Morgan fingerprint density at radius 1 is 0.535 bits per heavy atom. The molecular weight excluding hydrogens is 717 g/mol. The highest BCUT2D eigenvalue weighted by Crippen LogP contribution is 2.51. The van der Waals surface area contributed by atoms with Crippen LogP contribution in [0.5, 0.6) is 0 Å². The van der Waals surface area contributed by atoms with E-state index in [1.54, 1.807) is 21.9 Å². The van der Waals surface area contributed by atoms with Crippen LogP contribution in [0.1, 0.15) is 40.9 Å². The topological polar surface area (TPSA) is 9.23 Å². The Hall–Kier alpha value is 1.40. The summed E-state index contributed by atoms with van der Waals surface area (Å²) >= 11 is 4.39. The zero-order valence-corrected chi connectivity index (χ0v) is 43.0. The molecule has 1 atom stereocenters. The first-order chi connectivity index (χ1) is 18.5. The molecule has 0 amide bonds. The molecule has 0 saturated heterocycles. The molecule has 0 aliphatic rings. The van der Waals surface area contributed by atoms with E-state index in [1.165, 1.54) is 0 Å². The highest BCUT2D eigenvalue weighted by atomic mass is 79.9. The molecule has 1 unspecified atom stereocenters. The molecule has 0 aromatic heterocycles. The summed E-state index contributed by atoms with van der Waals surface area (Å²) < 4.78 is 7.30. The molecule has 10 heteroatoms. The van der Waals surface area contributed by atoms with Gasteiger partial charge in [-0.2, -0.15) is 0 Å². The van der Waals surface area contributed by atoms with Crippen molar-refractivity contribution in [1.29, 1.82) is 0 Å². The second kappa shape index (κ2) is 13.4. The van der Waals surface area contributed by atoms with Gasteiger partial charge in [0.2, 0.25) is 0 Å². The van der Waals surface area contributed by atoms with Crippen molar-refractivity contribution in [3.8, 4) is 0 Å². The number of halogens is 1. The molecule has 0 spiro atoms. The molecule has 1 nitrogen and oxygen atoms in total. The molecule has 1 rings (SSSR count). The summed E-state index contributed by atoms with van der Waals surface area (Å²) in [7, 11) is -13.2. The second-order valence-corrected chi connectivity index (χ2v) is 65.0. The van der Waals surface area contributed by atoms with E-state index in [0.29, 0.717) is 14.6 Å². The molecule has 1 aromatic carbocycles. The zero-order valence-electron chi connectivity index (χ0n) is 33.3. The van der Waals surface area contributed by atoms with Crippen LogP contribution in [-0.2, 0) is 8.71 Å². The van der Waals surface area contributed by atoms with Gasteiger partial charge in [-0.3, -0.25) is 0 Å². The van der Waals surface area contributed by atoms with Gasteiger partial charge in [-0.25, -0.2) is 0 Å². The van der Waals surface area contributed by atoms with Gasteiger partial charge in [0.1, 0.15) is 0 Å². The molecular formula is C33H75BrOSi8. The Bertz CT molecular complexity index is 984. The lowest BCUT2D eigenvalue weighted by atomic mass is 10.1. The normalized spacial score (nSPS) is 16.1. The molecule has 0 aliphatic heterocycles. The van der Waals surface area contributed by atoms with E-state index in [2.05, 4.69) is 179 Å². The van der Waals surface area contributed by atoms with E-state index in [-0.39, 0.29) is 6.10 Å². The molecule has 0 fully saturated rings. The van der Waals surface area contributed by atoms with Crippen molar-refractivity contribution in [2.24, 2.45) is 0 Å². The predicted molar refractivity (Wildman–Crippen MR) is 229 cm³/mol. The van der Waals surface area contributed by atoms with Crippen LogP contribution in [0.2, 0.25) is 137 Å². The van der Waals surface area contributed by atoms with E-state index in [9.17, 15) is 0 Å². The fourth-order valence-corrected chi connectivity index (χ4v) is 71.8. The van der Waals surface area contributed by atoms with Gasteiger partial charge < -0.3 is 4.43 Å². The Balaban J connectivity index is 4.98. The Morgan fingerprint density at radius 2 is 0.791 bits per heavy atom. The maximum absolute atomic E-state index is 6.94. The SMILES string of the molecule is CC(C)O[SiH](Br)c1c(C([Si](C)(C)C)[Si](C)(C)C)cc(C([Si](C)(C)C)([Si](C)(C)C)[Si](C)(C)C)cc1C([Si](C)(C)C)[Si](C)(C)C. The molecule has 0 heterocycles. The highest BCUT2D eigenvalue weighted by molar-refractivity contribution is 9.24. The van der Waals surface area contributed by atoms with Gasteiger partial charge in [0.15, 0.2) is 0 Å². The average Bonchev–Trinajstić information content (AvgIpc) is 2.58. The zero-order chi connectivity index (χ0) is 34.7. The Labute approximate surface area is 287 Å². The molecule has 0 N–H and O–H groups in total. The number of hydrogen-bond donors (Lipinski definition) is 0. The third-order valence-corrected chi connectivity index (χ3v) is 53.4. The lowest BCUT2D eigenvalue weighted by molar-refractivity contribution is 0.258. The molecule has 0 radical (unpaired) electrons. The van der Waals surface area contributed by atoms with Crippen molar-refractivity contribution in [1.82, 2.24) is 0 Å². The molecule has 252 valence electrons. The lowest BCUT2D eigenvalue weighted by Crippen LogP contribution is -2.74. The van der Waals surface area contributed by atoms with Crippen molar-refractivity contribution >= 4 is 84.7 Å². The largest absolute Gasteiger partial charge is 0.403 e. The van der Waals surface area contributed by atoms with Crippen LogP contribution in [0.25, 0.3) is 0 Å². The van der Waals surface area contributed by atoms with E-state index >= 15 is 0 Å². The van der Waals surface area contributed by atoms with Gasteiger partial charge in [-0.1, -0.05) is 165 Å². The summed E-state index contributed by atoms with van der Waals surface area (Å²) in [5, 5.41) is 3.07. The van der Waals surface area contributed by atoms with Crippen molar-refractivity contribution in [2.75, 3.05) is 0 Å². The Kier molecular flexibility index (Phi) is 13.2. The molecule has 1 aromatic rings. The number of benzene rings is 1. The summed E-state index contributed by atoms with van der Waals surface area (Å²) in [5.74, 6) is 0. The van der Waals surface area contributed by atoms with Crippen LogP contribution in [0.4, 0.5) is 0 Å². The maximum Gasteiger partial charge on any atom is 0.280 e. The fraction of sp³-hybridized carbons (Fsp3) is 0.818. The minimum absolute atomic E-state index is 0.232. The number of rotatable bonds is 13. The van der Waals surface area contributed by atoms with Gasteiger partial charge in [-0.15, -0.1) is 0 Å². The maximum atomic E-state index is 6.94. The summed E-state index contributed by atoms with van der Waals surface area (Å²) in [4.78, 5) is 0. The van der Waals surface area contributed by atoms with Crippen molar-refractivity contribution in [2.45, 2.75) is 172 Å². The fourth-order valence-electron chi connectivity index (χ4n) is 11.1. The van der Waals surface area contributed by atoms with E-state index in [4.69, 9.17) is 4.43 Å². The predicted octanol–water partition coefficient (Wildman–Crippen LogP) is 11.5. The third-order valence-electron chi connectivity index (χ3n) is 9.76. The van der Waals surface area contributed by atoms with Crippen LogP contribution in [-0.4, -0.2) is 70.3 Å². The highest BCUT2D eigenvalue weighted by Gasteiger charge is 2.61. The minimum atomic E-state index is -1.86. The van der Waals surface area contributed by atoms with Gasteiger partial charge in [-0.05, 0) is 50.3 Å². The van der Waals surface area contributed by atoms with Gasteiger partial charge >= 0.3 is 0 Å². The van der Waals surface area contributed by atoms with Crippen molar-refractivity contribution in [3.05, 3.63) is 28.8 Å². The van der Waals surface area contributed by atoms with E-state index < -0.39 is 64.2 Å². The molecule has 0 bridgehead atoms. The van der Waals surface area contributed by atoms with Gasteiger partial charge in [0.05, 0.1) is 0 Å². The molecule has 43 heavy (non-hydrogen) atoms. The second-order valence-electron chi connectivity index (χ2n) is 21.4. The van der Waals surface area contributed by atoms with Crippen molar-refractivity contribution in [3.63, 3.8) is 0 Å². The summed E-state index contributed by atoms with van der Waals surface area (Å²) in [5.41, 5.74) is 5.28. The van der Waals surface area contributed by atoms with E-state index in [1.807, 2.05) is 0 Å². The van der Waals surface area contributed by atoms with E-state index in [0.717, 1.165) is 0 Å². The van der Waals surface area contributed by atoms with Gasteiger partial charge in [0, 0.05) is 62.6 Å². The third kappa shape index (κ3) is 9.10. The van der Waals surface area contributed by atoms with Crippen LogP contribution in [0, 0.1) is 0 Å². The smallest absolute Gasteiger partial charge is 0.280 e. The van der Waals surface area contributed by atoms with Gasteiger partial charge in [0.25, 0.3) is 7.66 Å². The molecule has 0 aliphatic carbocycles. The first kappa shape index (κ1) is 42.4. The molecule has 0 saturated carbocycles. The average molecular weight is 793 g/mol. The first-order valence-corrected chi connectivity index (χ1v) is 46.1.